The first-order valence-electron chi connectivity index (χ1n) is 21.6. The van der Waals surface area contributed by atoms with Crippen LogP contribution in [0.2, 0.25) is 0 Å². The smallest absolute Gasteiger partial charge is 0.123 e. The van der Waals surface area contributed by atoms with E-state index in [0.29, 0.717) is 45.7 Å². The Morgan fingerprint density at radius 1 is 0.380 bits per heavy atom. The van der Waals surface area contributed by atoms with E-state index in [1.165, 1.54) is 200 Å². The summed E-state index contributed by atoms with van der Waals surface area (Å²) >= 11 is 4.31. The molecule has 2 aromatic rings. The zero-order chi connectivity index (χ0) is 34.1. The van der Waals surface area contributed by atoms with E-state index in [2.05, 4.69) is 47.8 Å². The van der Waals surface area contributed by atoms with Crippen molar-refractivity contribution in [3.63, 3.8) is 0 Å². The van der Waals surface area contributed by atoms with Crippen molar-refractivity contribution >= 4 is 23.5 Å². The maximum absolute atomic E-state index is 11.9. The molecule has 5 aliphatic carbocycles. The van der Waals surface area contributed by atoms with Crippen LogP contribution in [-0.2, 0) is 11.5 Å². The lowest BCUT2D eigenvalue weighted by atomic mass is 9.79. The van der Waals surface area contributed by atoms with Crippen LogP contribution in [0.3, 0.4) is 0 Å². The van der Waals surface area contributed by atoms with Crippen molar-refractivity contribution < 1.29 is 10.2 Å². The maximum atomic E-state index is 11.9. The molecule has 0 spiro atoms. The number of aromatic hydroxyl groups is 2. The number of rotatable bonds is 10. The standard InChI is InChI=1S/C46H68O2S2/c47-45-39(27-37(33-17-7-3-8-18-33)29-41(45)35-21-11-5-12-22-35)31-49-43-25-15-1-2-16-26-44(43)50-32-40-28-38(34-19-9-4-10-20-34)30-42(46(40)48)36-23-13-6-14-24-36/h27-30,33-36,43-44,47-48H,1-26,31-32H2/t43-,44-/m0/s1. The average molecular weight is 717 g/mol. The molecule has 276 valence electrons. The first-order valence-corrected chi connectivity index (χ1v) is 23.7. The third-order valence-corrected chi connectivity index (χ3v) is 16.9. The molecule has 0 saturated heterocycles. The lowest BCUT2D eigenvalue weighted by molar-refractivity contribution is 0.408. The van der Waals surface area contributed by atoms with Gasteiger partial charge in [0.25, 0.3) is 0 Å². The van der Waals surface area contributed by atoms with Gasteiger partial charge in [-0.15, -0.1) is 0 Å². The third kappa shape index (κ3) is 9.45. The number of hydrogen-bond acceptors (Lipinski definition) is 4. The number of phenols is 2. The Kier molecular flexibility index (Phi) is 13.8. The fraction of sp³-hybridized carbons (Fsp3) is 0.739. The molecule has 4 heteroatoms. The lowest BCUT2D eigenvalue weighted by Gasteiger charge is -2.31. The highest BCUT2D eigenvalue weighted by atomic mass is 32.2. The average Bonchev–Trinajstić information content (AvgIpc) is 3.16. The van der Waals surface area contributed by atoms with Crippen LogP contribution in [-0.4, -0.2) is 20.7 Å². The van der Waals surface area contributed by atoms with Crippen molar-refractivity contribution in [2.45, 2.75) is 213 Å². The lowest BCUT2D eigenvalue weighted by Crippen LogP contribution is -2.22. The quantitative estimate of drug-likeness (QED) is 0.257. The summed E-state index contributed by atoms with van der Waals surface area (Å²) < 4.78 is 0. The van der Waals surface area contributed by atoms with Gasteiger partial charge in [-0.1, -0.05) is 127 Å². The van der Waals surface area contributed by atoms with Crippen LogP contribution >= 0.6 is 23.5 Å². The van der Waals surface area contributed by atoms with E-state index in [-0.39, 0.29) is 0 Å². The summed E-state index contributed by atoms with van der Waals surface area (Å²) in [7, 11) is 0. The second-order valence-electron chi connectivity index (χ2n) is 17.3. The van der Waals surface area contributed by atoms with Gasteiger partial charge >= 0.3 is 0 Å². The molecule has 5 fully saturated rings. The zero-order valence-electron chi connectivity index (χ0n) is 31.3. The van der Waals surface area contributed by atoms with Gasteiger partial charge in [0.1, 0.15) is 11.5 Å². The summed E-state index contributed by atoms with van der Waals surface area (Å²) in [6.07, 6.45) is 34.3. The monoisotopic (exact) mass is 716 g/mol. The molecule has 7 rings (SSSR count). The summed E-state index contributed by atoms with van der Waals surface area (Å²) in [5.74, 6) is 5.57. The molecule has 0 amide bonds. The van der Waals surface area contributed by atoms with Gasteiger partial charge in [0.2, 0.25) is 0 Å². The Balaban J connectivity index is 1.10. The Morgan fingerprint density at radius 2 is 0.680 bits per heavy atom. The van der Waals surface area contributed by atoms with E-state index in [1.807, 2.05) is 0 Å². The molecule has 0 bridgehead atoms. The molecule has 0 aliphatic heterocycles. The molecule has 5 saturated carbocycles. The summed E-state index contributed by atoms with van der Waals surface area (Å²) in [5.41, 5.74) is 8.08. The largest absolute Gasteiger partial charge is 0.507 e. The van der Waals surface area contributed by atoms with Crippen molar-refractivity contribution in [2.75, 3.05) is 0 Å². The van der Waals surface area contributed by atoms with Crippen LogP contribution in [0.5, 0.6) is 11.5 Å². The van der Waals surface area contributed by atoms with Crippen LogP contribution in [0.25, 0.3) is 0 Å². The van der Waals surface area contributed by atoms with E-state index in [4.69, 9.17) is 0 Å². The second-order valence-corrected chi connectivity index (χ2v) is 19.7. The minimum atomic E-state index is 0.538. The minimum absolute atomic E-state index is 0.538. The Labute approximate surface area is 314 Å². The molecule has 0 unspecified atom stereocenters. The molecular weight excluding hydrogens is 649 g/mol. The molecular formula is C46H68O2S2. The fourth-order valence-electron chi connectivity index (χ4n) is 10.7. The summed E-state index contributed by atoms with van der Waals surface area (Å²) in [5, 5.41) is 24.9. The molecule has 0 radical (unpaired) electrons. The van der Waals surface area contributed by atoms with E-state index < -0.39 is 0 Å². The molecule has 2 N–H and O–H groups in total. The van der Waals surface area contributed by atoms with Gasteiger partial charge in [0.05, 0.1) is 0 Å². The van der Waals surface area contributed by atoms with E-state index in [0.717, 1.165) is 11.5 Å². The van der Waals surface area contributed by atoms with Gasteiger partial charge in [-0.3, -0.25) is 0 Å². The molecule has 0 aromatic heterocycles. The molecule has 0 heterocycles. The molecule has 50 heavy (non-hydrogen) atoms. The van der Waals surface area contributed by atoms with Crippen molar-refractivity contribution in [3.8, 4) is 11.5 Å². The number of benzene rings is 2. The van der Waals surface area contributed by atoms with Crippen LogP contribution in [0, 0.1) is 0 Å². The number of hydrogen-bond donors (Lipinski definition) is 2. The van der Waals surface area contributed by atoms with Gasteiger partial charge < -0.3 is 10.2 Å². The summed E-state index contributed by atoms with van der Waals surface area (Å²) in [6, 6.07) is 9.80. The highest BCUT2D eigenvalue weighted by Gasteiger charge is 2.29. The Bertz CT molecular complexity index is 1240. The van der Waals surface area contributed by atoms with Crippen LogP contribution < -0.4 is 0 Å². The first-order chi connectivity index (χ1) is 24.6. The number of thioether (sulfide) groups is 2. The van der Waals surface area contributed by atoms with Crippen molar-refractivity contribution in [1.82, 2.24) is 0 Å². The van der Waals surface area contributed by atoms with Crippen molar-refractivity contribution in [3.05, 3.63) is 57.6 Å². The normalized spacial score (nSPS) is 25.7. The Morgan fingerprint density at radius 3 is 1.04 bits per heavy atom. The molecule has 5 aliphatic rings. The van der Waals surface area contributed by atoms with E-state index >= 15 is 0 Å². The van der Waals surface area contributed by atoms with Gasteiger partial charge in [-0.25, -0.2) is 0 Å². The van der Waals surface area contributed by atoms with Gasteiger partial charge in [0.15, 0.2) is 0 Å². The zero-order valence-corrected chi connectivity index (χ0v) is 32.9. The molecule has 2 aromatic carbocycles. The SMILES string of the molecule is Oc1c(CS[C@H]2CCCCCC[C@@H]2SCc2cc(C3CCCCC3)cc(C3CCCCC3)c2O)cc(C2CCCCC2)cc1C1CCCCC1. The number of phenolic OH excluding ortho intramolecular Hbond substituents is 2. The van der Waals surface area contributed by atoms with E-state index in [9.17, 15) is 10.2 Å². The van der Waals surface area contributed by atoms with Crippen LogP contribution in [0.15, 0.2) is 24.3 Å². The van der Waals surface area contributed by atoms with Gasteiger partial charge in [0, 0.05) is 33.1 Å². The van der Waals surface area contributed by atoms with Crippen molar-refractivity contribution in [1.29, 1.82) is 0 Å². The summed E-state index contributed by atoms with van der Waals surface area (Å²) in [6.45, 7) is 0. The predicted molar refractivity (Wildman–Crippen MR) is 217 cm³/mol. The van der Waals surface area contributed by atoms with E-state index in [1.54, 1.807) is 0 Å². The Hall–Kier alpha value is -1.26. The second kappa shape index (κ2) is 18.7. The first kappa shape index (κ1) is 37.1. The molecule has 2 atom stereocenters. The maximum Gasteiger partial charge on any atom is 0.123 e. The fourth-order valence-corrected chi connectivity index (χ4v) is 13.8. The van der Waals surface area contributed by atoms with Gasteiger partial charge in [-0.2, -0.15) is 23.5 Å². The molecule has 2 nitrogen and oxygen atoms in total. The van der Waals surface area contributed by atoms with Crippen LogP contribution in [0.4, 0.5) is 0 Å². The highest BCUT2D eigenvalue weighted by Crippen LogP contribution is 2.47. The minimum Gasteiger partial charge on any atom is -0.507 e. The van der Waals surface area contributed by atoms with Crippen molar-refractivity contribution in [2.24, 2.45) is 0 Å². The van der Waals surface area contributed by atoms with Gasteiger partial charge in [-0.05, 0) is 110 Å². The third-order valence-electron chi connectivity index (χ3n) is 13.8. The van der Waals surface area contributed by atoms with Crippen LogP contribution in [0.1, 0.15) is 224 Å². The summed E-state index contributed by atoms with van der Waals surface area (Å²) in [4.78, 5) is 0. The predicted octanol–water partition coefficient (Wildman–Crippen LogP) is 14.5. The highest BCUT2D eigenvalue weighted by molar-refractivity contribution is 8.03. The topological polar surface area (TPSA) is 40.5 Å².